The van der Waals surface area contributed by atoms with Crippen LogP contribution in [0.2, 0.25) is 0 Å². The number of anilines is 2. The van der Waals surface area contributed by atoms with Crippen LogP contribution in [0.5, 0.6) is 0 Å². The van der Waals surface area contributed by atoms with Crippen molar-refractivity contribution in [3.8, 4) is 12.1 Å². The number of aryl methyl sites for hydroxylation is 2. The van der Waals surface area contributed by atoms with Crippen molar-refractivity contribution in [1.29, 1.82) is 10.5 Å². The maximum Gasteiger partial charge on any atom is 0.254 e. The summed E-state index contributed by atoms with van der Waals surface area (Å²) >= 11 is 0. The first kappa shape index (κ1) is 30.0. The van der Waals surface area contributed by atoms with Crippen LogP contribution in [0.25, 0.3) is 0 Å². The van der Waals surface area contributed by atoms with Crippen LogP contribution in [0.4, 0.5) is 11.6 Å². The van der Waals surface area contributed by atoms with Gasteiger partial charge in [-0.1, -0.05) is 6.07 Å². The largest absolute Gasteiger partial charge is 0.353 e. The molecule has 4 heterocycles. The molecule has 0 N–H and O–H groups in total. The summed E-state index contributed by atoms with van der Waals surface area (Å²) in [5.74, 6) is 0.930. The molecule has 222 valence electrons. The Morgan fingerprint density at radius 3 is 1.93 bits per heavy atom. The Kier molecular flexibility index (Phi) is 8.36. The van der Waals surface area contributed by atoms with E-state index in [1.165, 1.54) is 10.4 Å². The predicted octanol–water partition coefficient (Wildman–Crippen LogP) is 3.09. The molecule has 3 aromatic rings. The van der Waals surface area contributed by atoms with E-state index in [2.05, 4.69) is 22.1 Å². The van der Waals surface area contributed by atoms with Gasteiger partial charge < -0.3 is 14.7 Å². The van der Waals surface area contributed by atoms with Gasteiger partial charge in [-0.25, -0.2) is 18.4 Å². The summed E-state index contributed by atoms with van der Waals surface area (Å²) in [6.07, 6.45) is 3.28. The van der Waals surface area contributed by atoms with Crippen LogP contribution in [-0.2, 0) is 10.0 Å². The predicted molar refractivity (Wildman–Crippen MR) is 162 cm³/mol. The number of rotatable bonds is 5. The Balaban J connectivity index is 1.36. The zero-order valence-corrected chi connectivity index (χ0v) is 25.5. The van der Waals surface area contributed by atoms with Gasteiger partial charge in [0, 0.05) is 69.3 Å². The van der Waals surface area contributed by atoms with Gasteiger partial charge in [0.25, 0.3) is 5.91 Å². The summed E-state index contributed by atoms with van der Waals surface area (Å²) < 4.78 is 29.6. The third-order valence-corrected chi connectivity index (χ3v) is 10.4. The summed E-state index contributed by atoms with van der Waals surface area (Å²) in [6.45, 7) is 9.77. The number of amides is 1. The van der Waals surface area contributed by atoms with E-state index in [-0.39, 0.29) is 29.4 Å². The van der Waals surface area contributed by atoms with Crippen molar-refractivity contribution in [2.24, 2.45) is 0 Å². The highest BCUT2D eigenvalue weighted by Crippen LogP contribution is 2.30. The molecular formula is C31H34N8O3S. The van der Waals surface area contributed by atoms with Gasteiger partial charge in [0.2, 0.25) is 10.0 Å². The number of nitriles is 2. The fraction of sp³-hybridized carbons (Fsp3) is 0.387. The fourth-order valence-electron chi connectivity index (χ4n) is 6.04. The zero-order chi connectivity index (χ0) is 30.9. The van der Waals surface area contributed by atoms with Gasteiger partial charge in [0.1, 0.15) is 23.8 Å². The number of carbonyl (C=O) groups excluding carboxylic acids is 1. The molecule has 5 rings (SSSR count). The molecule has 0 bridgehead atoms. The zero-order valence-electron chi connectivity index (χ0n) is 24.7. The minimum atomic E-state index is -3.93. The highest BCUT2D eigenvalue weighted by molar-refractivity contribution is 7.89. The summed E-state index contributed by atoms with van der Waals surface area (Å²) in [5.41, 5.74) is 2.59. The Labute approximate surface area is 252 Å². The molecule has 2 aliphatic heterocycles. The molecule has 2 aliphatic rings. The van der Waals surface area contributed by atoms with E-state index in [9.17, 15) is 23.7 Å². The van der Waals surface area contributed by atoms with Crippen molar-refractivity contribution >= 4 is 27.6 Å². The van der Waals surface area contributed by atoms with Crippen molar-refractivity contribution in [3.63, 3.8) is 0 Å². The minimum absolute atomic E-state index is 0.121. The molecule has 0 unspecified atom stereocenters. The monoisotopic (exact) mass is 598 g/mol. The Hall–Kier alpha value is -4.52. The third kappa shape index (κ3) is 5.64. The van der Waals surface area contributed by atoms with Crippen molar-refractivity contribution < 1.29 is 13.2 Å². The molecule has 11 nitrogen and oxygen atoms in total. The van der Waals surface area contributed by atoms with Gasteiger partial charge in [-0.2, -0.15) is 14.8 Å². The number of hydrogen-bond donors (Lipinski definition) is 0. The molecule has 1 amide bonds. The average molecular weight is 599 g/mol. The third-order valence-electron chi connectivity index (χ3n) is 8.21. The SMILES string of the molecule is Cc1cc(C)c(S(=O)(=O)N2CCN(c3ncccc3C#N)C[C@@H]2C)cc1C(=O)N1CCN(c2ncccc2C#N)C[C@@H]1C. The molecule has 12 heteroatoms. The molecule has 1 aromatic carbocycles. The Bertz CT molecular complexity index is 1750. The normalized spacial score (nSPS) is 19.5. The lowest BCUT2D eigenvalue weighted by molar-refractivity contribution is 0.0672. The molecule has 2 saturated heterocycles. The molecule has 0 spiro atoms. The number of carbonyl (C=O) groups is 1. The molecule has 2 atom stereocenters. The van der Waals surface area contributed by atoms with Crippen LogP contribution in [0.15, 0.2) is 53.7 Å². The minimum Gasteiger partial charge on any atom is -0.353 e. The van der Waals surface area contributed by atoms with E-state index < -0.39 is 10.0 Å². The van der Waals surface area contributed by atoms with Crippen LogP contribution in [-0.4, -0.2) is 84.9 Å². The molecule has 0 aliphatic carbocycles. The first-order chi connectivity index (χ1) is 20.6. The topological polar surface area (TPSA) is 138 Å². The Morgan fingerprint density at radius 1 is 0.837 bits per heavy atom. The molecule has 0 radical (unpaired) electrons. The van der Waals surface area contributed by atoms with Crippen LogP contribution >= 0.6 is 0 Å². The average Bonchev–Trinajstić information content (AvgIpc) is 3.00. The van der Waals surface area contributed by atoms with E-state index in [1.807, 2.05) is 30.6 Å². The van der Waals surface area contributed by atoms with Crippen molar-refractivity contribution in [3.05, 3.63) is 76.6 Å². The van der Waals surface area contributed by atoms with Crippen LogP contribution in [0, 0.1) is 36.5 Å². The Morgan fingerprint density at radius 2 is 1.40 bits per heavy atom. The summed E-state index contributed by atoms with van der Waals surface area (Å²) in [7, 11) is -3.93. The highest BCUT2D eigenvalue weighted by Gasteiger charge is 2.37. The van der Waals surface area contributed by atoms with E-state index in [0.29, 0.717) is 72.2 Å². The maximum absolute atomic E-state index is 14.0. The fourth-order valence-corrected chi connectivity index (χ4v) is 7.88. The summed E-state index contributed by atoms with van der Waals surface area (Å²) in [5, 5.41) is 19.0. The van der Waals surface area contributed by atoms with Crippen molar-refractivity contribution in [2.45, 2.75) is 44.7 Å². The van der Waals surface area contributed by atoms with Crippen LogP contribution in [0.3, 0.4) is 0 Å². The molecule has 0 saturated carbocycles. The number of pyridine rings is 2. The van der Waals surface area contributed by atoms with Crippen molar-refractivity contribution in [2.75, 3.05) is 49.1 Å². The van der Waals surface area contributed by atoms with Crippen LogP contribution in [0.1, 0.15) is 46.5 Å². The first-order valence-electron chi connectivity index (χ1n) is 14.2. The lowest BCUT2D eigenvalue weighted by Crippen LogP contribution is -2.55. The second-order valence-corrected chi connectivity index (χ2v) is 13.0. The van der Waals surface area contributed by atoms with E-state index in [4.69, 9.17) is 0 Å². The second-order valence-electron chi connectivity index (χ2n) is 11.1. The van der Waals surface area contributed by atoms with Gasteiger partial charge in [0.15, 0.2) is 0 Å². The van der Waals surface area contributed by atoms with E-state index >= 15 is 0 Å². The lowest BCUT2D eigenvalue weighted by atomic mass is 10.0. The summed E-state index contributed by atoms with van der Waals surface area (Å²) in [4.78, 5) is 28.5. The first-order valence-corrected chi connectivity index (χ1v) is 15.6. The summed E-state index contributed by atoms with van der Waals surface area (Å²) in [6, 6.07) is 13.9. The van der Waals surface area contributed by atoms with E-state index in [1.54, 1.807) is 54.5 Å². The number of aromatic nitrogens is 2. The van der Waals surface area contributed by atoms with Crippen LogP contribution < -0.4 is 9.80 Å². The number of hydrogen-bond acceptors (Lipinski definition) is 9. The maximum atomic E-state index is 14.0. The lowest BCUT2D eigenvalue weighted by Gasteiger charge is -2.41. The molecule has 2 fully saturated rings. The van der Waals surface area contributed by atoms with Gasteiger partial charge in [-0.05, 0) is 69.2 Å². The van der Waals surface area contributed by atoms with Gasteiger partial charge in [-0.3, -0.25) is 4.79 Å². The van der Waals surface area contributed by atoms with E-state index in [0.717, 1.165) is 0 Å². The number of piperazine rings is 2. The van der Waals surface area contributed by atoms with Crippen molar-refractivity contribution in [1.82, 2.24) is 19.2 Å². The van der Waals surface area contributed by atoms with Gasteiger partial charge in [-0.15, -0.1) is 0 Å². The standard InChI is InChI=1S/C31H34N8O3S/c1-21-15-22(2)28(43(41,42)39-14-12-37(20-24(39)4)30-26(18-33)8-6-10-35-30)16-27(21)31(40)38-13-11-36(19-23(38)3)29-25(17-32)7-5-9-34-29/h5-10,15-16,23-24H,11-14,19-20H2,1-4H3/t23-,24-/m0/s1. The second kappa shape index (κ2) is 12.0. The van der Waals surface area contributed by atoms with Gasteiger partial charge >= 0.3 is 0 Å². The molecule has 2 aromatic heterocycles. The highest BCUT2D eigenvalue weighted by atomic mass is 32.2. The van der Waals surface area contributed by atoms with Gasteiger partial charge in [0.05, 0.1) is 16.0 Å². The number of nitrogens with zero attached hydrogens (tertiary/aromatic N) is 8. The smallest absolute Gasteiger partial charge is 0.254 e. The molecular weight excluding hydrogens is 564 g/mol. The molecule has 43 heavy (non-hydrogen) atoms. The number of sulfonamides is 1. The number of benzene rings is 1. The quantitative estimate of drug-likeness (QED) is 0.434.